The van der Waals surface area contributed by atoms with Crippen LogP contribution in [-0.4, -0.2) is 20.0 Å². The normalized spacial score (nSPS) is 12.0. The zero-order valence-corrected chi connectivity index (χ0v) is 16.3. The molecule has 0 aliphatic heterocycles. The molecule has 6 nitrogen and oxygen atoms in total. The molecule has 0 N–H and O–H groups in total. The number of hydrogen-bond acceptors (Lipinski definition) is 5. The SMILES string of the molecule is O=C(Cn1cnc2sccc2c1=O)N=c1sccn1Cc1ccccc1Cl. The Morgan fingerprint density at radius 2 is 2.00 bits per heavy atom. The van der Waals surface area contributed by atoms with Crippen LogP contribution in [0.15, 0.2) is 63.4 Å². The van der Waals surface area contributed by atoms with Crippen LogP contribution in [-0.2, 0) is 17.9 Å². The lowest BCUT2D eigenvalue weighted by Gasteiger charge is -2.05. The van der Waals surface area contributed by atoms with E-state index in [1.54, 1.807) is 11.4 Å². The number of benzene rings is 1. The molecule has 3 heterocycles. The van der Waals surface area contributed by atoms with E-state index in [0.717, 1.165) is 5.56 Å². The second-order valence-electron chi connectivity index (χ2n) is 5.73. The molecule has 0 fully saturated rings. The van der Waals surface area contributed by atoms with Gasteiger partial charge in [-0.15, -0.1) is 22.7 Å². The third-order valence-electron chi connectivity index (χ3n) is 3.93. The molecular weight excluding hydrogens is 404 g/mol. The fraction of sp³-hybridized carbons (Fsp3) is 0.111. The van der Waals surface area contributed by atoms with Crippen molar-refractivity contribution in [2.75, 3.05) is 0 Å². The van der Waals surface area contributed by atoms with Crippen LogP contribution in [0.1, 0.15) is 5.56 Å². The number of fused-ring (bicyclic) bond motifs is 1. The number of rotatable bonds is 4. The predicted octanol–water partition coefficient (Wildman–Crippen LogP) is 3.15. The van der Waals surface area contributed by atoms with Crippen molar-refractivity contribution in [3.05, 3.63) is 79.4 Å². The fourth-order valence-electron chi connectivity index (χ4n) is 2.61. The van der Waals surface area contributed by atoms with Crippen molar-refractivity contribution < 1.29 is 4.79 Å². The van der Waals surface area contributed by atoms with Gasteiger partial charge in [-0.1, -0.05) is 29.8 Å². The van der Waals surface area contributed by atoms with Crippen LogP contribution in [0.2, 0.25) is 5.02 Å². The largest absolute Gasteiger partial charge is 0.319 e. The maximum Gasteiger partial charge on any atom is 0.268 e. The van der Waals surface area contributed by atoms with E-state index in [4.69, 9.17) is 11.6 Å². The smallest absolute Gasteiger partial charge is 0.268 e. The standard InChI is InChI=1S/C18H13ClN4O2S2/c19-14-4-2-1-3-12(14)9-22-6-8-27-18(22)21-15(24)10-23-11-20-16-13(17(23)25)5-7-26-16/h1-8,11H,9-10H2. The highest BCUT2D eigenvalue weighted by Gasteiger charge is 2.09. The van der Waals surface area contributed by atoms with Crippen molar-refractivity contribution in [1.82, 2.24) is 14.1 Å². The minimum Gasteiger partial charge on any atom is -0.319 e. The van der Waals surface area contributed by atoms with E-state index < -0.39 is 5.91 Å². The molecule has 27 heavy (non-hydrogen) atoms. The lowest BCUT2D eigenvalue weighted by Crippen LogP contribution is -2.25. The van der Waals surface area contributed by atoms with E-state index in [0.29, 0.717) is 26.6 Å². The van der Waals surface area contributed by atoms with Gasteiger partial charge < -0.3 is 4.57 Å². The number of nitrogens with zero attached hydrogens (tertiary/aromatic N) is 4. The molecular formula is C18H13ClN4O2S2. The second kappa shape index (κ2) is 7.59. The molecule has 1 amide bonds. The molecule has 4 aromatic rings. The highest BCUT2D eigenvalue weighted by molar-refractivity contribution is 7.16. The topological polar surface area (TPSA) is 69.2 Å². The first kappa shape index (κ1) is 17.8. The number of carbonyl (C=O) groups excluding carboxylic acids is 1. The summed E-state index contributed by atoms with van der Waals surface area (Å²) in [7, 11) is 0. The molecule has 136 valence electrons. The van der Waals surface area contributed by atoms with Gasteiger partial charge in [0, 0.05) is 16.6 Å². The van der Waals surface area contributed by atoms with Crippen molar-refractivity contribution in [3.63, 3.8) is 0 Å². The van der Waals surface area contributed by atoms with Crippen LogP contribution in [0.5, 0.6) is 0 Å². The van der Waals surface area contributed by atoms with Gasteiger partial charge in [-0.25, -0.2) is 4.98 Å². The summed E-state index contributed by atoms with van der Waals surface area (Å²) in [4.78, 5) is 34.4. The highest BCUT2D eigenvalue weighted by atomic mass is 35.5. The molecule has 0 aliphatic rings. The van der Waals surface area contributed by atoms with Gasteiger partial charge in [0.15, 0.2) is 4.80 Å². The number of thiophene rings is 1. The van der Waals surface area contributed by atoms with Crippen LogP contribution in [0.3, 0.4) is 0 Å². The Bertz CT molecular complexity index is 1250. The molecule has 3 aromatic heterocycles. The van der Waals surface area contributed by atoms with Crippen LogP contribution < -0.4 is 10.4 Å². The third kappa shape index (κ3) is 3.78. The van der Waals surface area contributed by atoms with Crippen molar-refractivity contribution in [2.45, 2.75) is 13.1 Å². The van der Waals surface area contributed by atoms with Crippen LogP contribution in [0.4, 0.5) is 0 Å². The van der Waals surface area contributed by atoms with Crippen molar-refractivity contribution >= 4 is 50.4 Å². The minimum absolute atomic E-state index is 0.151. The van der Waals surface area contributed by atoms with E-state index >= 15 is 0 Å². The first-order chi connectivity index (χ1) is 13.1. The van der Waals surface area contributed by atoms with Crippen molar-refractivity contribution in [3.8, 4) is 0 Å². The lowest BCUT2D eigenvalue weighted by molar-refractivity contribution is -0.118. The van der Waals surface area contributed by atoms with Gasteiger partial charge in [0.25, 0.3) is 11.5 Å². The minimum atomic E-state index is -0.413. The summed E-state index contributed by atoms with van der Waals surface area (Å²) in [5.74, 6) is -0.413. The highest BCUT2D eigenvalue weighted by Crippen LogP contribution is 2.16. The van der Waals surface area contributed by atoms with Gasteiger partial charge in [0.2, 0.25) is 0 Å². The third-order valence-corrected chi connectivity index (χ3v) is 5.92. The lowest BCUT2D eigenvalue weighted by atomic mass is 10.2. The number of hydrogen-bond donors (Lipinski definition) is 0. The Labute approximate surface area is 166 Å². The molecule has 9 heteroatoms. The van der Waals surface area contributed by atoms with Gasteiger partial charge in [-0.2, -0.15) is 4.99 Å². The summed E-state index contributed by atoms with van der Waals surface area (Å²) in [5, 5.41) is 4.84. The van der Waals surface area contributed by atoms with E-state index in [-0.39, 0.29) is 12.1 Å². The van der Waals surface area contributed by atoms with Gasteiger partial charge in [-0.05, 0) is 23.1 Å². The van der Waals surface area contributed by atoms with Crippen molar-refractivity contribution in [2.24, 2.45) is 4.99 Å². The molecule has 1 aromatic carbocycles. The fourth-order valence-corrected chi connectivity index (χ4v) is 4.27. The molecule has 0 radical (unpaired) electrons. The number of thiazole rings is 1. The number of carbonyl (C=O) groups is 1. The summed E-state index contributed by atoms with van der Waals surface area (Å²) in [6, 6.07) is 9.25. The molecule has 0 aliphatic carbocycles. The summed E-state index contributed by atoms with van der Waals surface area (Å²) in [6.45, 7) is 0.360. The molecule has 0 unspecified atom stereocenters. The first-order valence-corrected chi connectivity index (χ1v) is 10.1. The summed E-state index contributed by atoms with van der Waals surface area (Å²) < 4.78 is 3.14. The monoisotopic (exact) mass is 416 g/mol. The van der Waals surface area contributed by atoms with E-state index in [1.165, 1.54) is 33.6 Å². The molecule has 0 bridgehead atoms. The molecule has 0 spiro atoms. The van der Waals surface area contributed by atoms with Gasteiger partial charge in [0.1, 0.15) is 11.4 Å². The quantitative estimate of drug-likeness (QED) is 0.513. The van der Waals surface area contributed by atoms with Gasteiger partial charge in [0.05, 0.1) is 18.3 Å². The first-order valence-electron chi connectivity index (χ1n) is 7.99. The maximum absolute atomic E-state index is 12.4. The molecule has 4 rings (SSSR count). The van der Waals surface area contributed by atoms with E-state index in [9.17, 15) is 9.59 Å². The molecule has 0 saturated carbocycles. The van der Waals surface area contributed by atoms with Gasteiger partial charge in [-0.3, -0.25) is 14.2 Å². The Hall–Kier alpha value is -2.55. The number of halogens is 1. The summed E-state index contributed by atoms with van der Waals surface area (Å²) in [5.41, 5.74) is 0.703. The Morgan fingerprint density at radius 3 is 2.85 bits per heavy atom. The van der Waals surface area contributed by atoms with E-state index in [1.807, 2.05) is 40.4 Å². The van der Waals surface area contributed by atoms with Crippen molar-refractivity contribution in [1.29, 1.82) is 0 Å². The van der Waals surface area contributed by atoms with Crippen LogP contribution in [0, 0.1) is 0 Å². The predicted molar refractivity (Wildman–Crippen MR) is 107 cm³/mol. The van der Waals surface area contributed by atoms with E-state index in [2.05, 4.69) is 9.98 Å². The Balaban J connectivity index is 1.59. The molecule has 0 saturated heterocycles. The summed E-state index contributed by atoms with van der Waals surface area (Å²) in [6.07, 6.45) is 3.24. The average Bonchev–Trinajstić information content (AvgIpc) is 3.29. The molecule has 0 atom stereocenters. The Morgan fingerprint density at radius 1 is 1.15 bits per heavy atom. The Kier molecular flexibility index (Phi) is 5.02. The van der Waals surface area contributed by atoms with Crippen LogP contribution in [0.25, 0.3) is 10.2 Å². The van der Waals surface area contributed by atoms with Crippen LogP contribution >= 0.6 is 34.3 Å². The van der Waals surface area contributed by atoms with Gasteiger partial charge >= 0.3 is 0 Å². The number of aromatic nitrogens is 3. The zero-order chi connectivity index (χ0) is 18.8. The summed E-state index contributed by atoms with van der Waals surface area (Å²) >= 11 is 8.95. The maximum atomic E-state index is 12.4. The zero-order valence-electron chi connectivity index (χ0n) is 13.9. The average molecular weight is 417 g/mol. The second-order valence-corrected chi connectivity index (χ2v) is 7.90. The number of amides is 1.